The highest BCUT2D eigenvalue weighted by Crippen LogP contribution is 2.47. The summed E-state index contributed by atoms with van der Waals surface area (Å²) in [5, 5.41) is 2.08. The van der Waals surface area contributed by atoms with Gasteiger partial charge >= 0.3 is 5.97 Å². The van der Waals surface area contributed by atoms with Gasteiger partial charge in [-0.3, -0.25) is 4.98 Å². The standard InChI is InChI=1S/C24H18ClN3O3/c1-2-30-24(29)19-18(16-12-14-6-3-4-8-17(14)28-22(16)25)15-10-9-13-7-5-11-27-20(13)21(15)31-23(19)26/h3-12,18H,2,26H2,1H3. The highest BCUT2D eigenvalue weighted by Gasteiger charge is 2.38. The second-order valence-corrected chi connectivity index (χ2v) is 7.51. The van der Waals surface area contributed by atoms with Gasteiger partial charge in [0.1, 0.15) is 16.2 Å². The lowest BCUT2D eigenvalue weighted by molar-refractivity contribution is -0.139. The van der Waals surface area contributed by atoms with Crippen molar-refractivity contribution in [2.45, 2.75) is 12.8 Å². The number of rotatable bonds is 3. The number of para-hydroxylation sites is 1. The Morgan fingerprint density at radius 2 is 1.94 bits per heavy atom. The first-order chi connectivity index (χ1) is 15.1. The molecule has 7 heteroatoms. The van der Waals surface area contributed by atoms with Gasteiger partial charge in [-0.2, -0.15) is 0 Å². The number of halogens is 1. The summed E-state index contributed by atoms with van der Waals surface area (Å²) in [7, 11) is 0. The minimum Gasteiger partial charge on any atom is -0.462 e. The van der Waals surface area contributed by atoms with Crippen molar-refractivity contribution in [3.8, 4) is 5.75 Å². The molecular weight excluding hydrogens is 414 g/mol. The minimum absolute atomic E-state index is 0.0293. The Kier molecular flexibility index (Phi) is 4.71. The van der Waals surface area contributed by atoms with Gasteiger partial charge in [0.2, 0.25) is 5.88 Å². The van der Waals surface area contributed by atoms with Crippen molar-refractivity contribution in [2.75, 3.05) is 6.61 Å². The van der Waals surface area contributed by atoms with Crippen LogP contribution in [0, 0.1) is 0 Å². The Bertz CT molecular complexity index is 1380. The Morgan fingerprint density at radius 1 is 1.13 bits per heavy atom. The average molecular weight is 432 g/mol. The number of benzene rings is 2. The lowest BCUT2D eigenvalue weighted by Gasteiger charge is -2.29. The normalized spacial score (nSPS) is 15.6. The van der Waals surface area contributed by atoms with Crippen LogP contribution in [0.25, 0.3) is 21.8 Å². The summed E-state index contributed by atoms with van der Waals surface area (Å²) in [4.78, 5) is 21.9. The molecule has 5 rings (SSSR count). The maximum absolute atomic E-state index is 12.9. The summed E-state index contributed by atoms with van der Waals surface area (Å²) >= 11 is 6.63. The Balaban J connectivity index is 1.81. The highest BCUT2D eigenvalue weighted by molar-refractivity contribution is 6.30. The van der Waals surface area contributed by atoms with E-state index >= 15 is 0 Å². The van der Waals surface area contributed by atoms with E-state index < -0.39 is 11.9 Å². The monoisotopic (exact) mass is 431 g/mol. The molecule has 154 valence electrons. The zero-order chi connectivity index (χ0) is 21.5. The van der Waals surface area contributed by atoms with Gasteiger partial charge in [0, 0.05) is 28.1 Å². The molecule has 2 aromatic heterocycles. The molecule has 0 spiro atoms. The van der Waals surface area contributed by atoms with E-state index in [4.69, 9.17) is 26.8 Å². The lowest BCUT2D eigenvalue weighted by atomic mass is 9.82. The summed E-state index contributed by atoms with van der Waals surface area (Å²) < 4.78 is 11.2. The molecule has 31 heavy (non-hydrogen) atoms. The number of hydrogen-bond acceptors (Lipinski definition) is 6. The summed E-state index contributed by atoms with van der Waals surface area (Å²) in [5.41, 5.74) is 9.25. The number of carbonyl (C=O) groups is 1. The Hall–Kier alpha value is -3.64. The molecule has 1 aliphatic rings. The molecule has 0 radical (unpaired) electrons. The number of nitrogens with two attached hydrogens (primary N) is 1. The zero-order valence-electron chi connectivity index (χ0n) is 16.6. The first-order valence-electron chi connectivity index (χ1n) is 9.86. The maximum atomic E-state index is 12.9. The number of carbonyl (C=O) groups excluding carboxylic acids is 1. The smallest absolute Gasteiger partial charge is 0.340 e. The quantitative estimate of drug-likeness (QED) is 0.374. The summed E-state index contributed by atoms with van der Waals surface area (Å²) in [5.74, 6) is -0.698. The summed E-state index contributed by atoms with van der Waals surface area (Å²) in [6, 6.07) is 17.2. The number of hydrogen-bond donors (Lipinski definition) is 1. The molecule has 1 aliphatic heterocycles. The zero-order valence-corrected chi connectivity index (χ0v) is 17.4. The SMILES string of the molecule is CCOC(=O)C1=C(N)Oc2c(ccc3cccnc23)C1c1cc2ccccc2nc1Cl. The number of pyridine rings is 2. The van der Waals surface area contributed by atoms with Crippen molar-refractivity contribution >= 4 is 39.4 Å². The fraction of sp³-hybridized carbons (Fsp3) is 0.125. The number of esters is 1. The first kappa shape index (κ1) is 19.3. The predicted molar refractivity (Wildman–Crippen MR) is 119 cm³/mol. The van der Waals surface area contributed by atoms with Gasteiger partial charge in [0.05, 0.1) is 18.0 Å². The van der Waals surface area contributed by atoms with E-state index in [-0.39, 0.29) is 23.2 Å². The predicted octanol–water partition coefficient (Wildman–Crippen LogP) is 4.69. The van der Waals surface area contributed by atoms with Crippen LogP contribution in [0.4, 0.5) is 0 Å². The highest BCUT2D eigenvalue weighted by atomic mass is 35.5. The van der Waals surface area contributed by atoms with E-state index in [0.717, 1.165) is 21.9 Å². The van der Waals surface area contributed by atoms with Crippen molar-refractivity contribution in [1.29, 1.82) is 0 Å². The molecule has 2 aromatic carbocycles. The van der Waals surface area contributed by atoms with Crippen LogP contribution in [0.5, 0.6) is 5.75 Å². The largest absolute Gasteiger partial charge is 0.462 e. The first-order valence-corrected chi connectivity index (χ1v) is 10.2. The van der Waals surface area contributed by atoms with E-state index in [1.807, 2.05) is 54.6 Å². The fourth-order valence-corrected chi connectivity index (χ4v) is 4.25. The molecule has 3 heterocycles. The number of ether oxygens (including phenoxy) is 2. The van der Waals surface area contributed by atoms with E-state index in [1.165, 1.54) is 0 Å². The van der Waals surface area contributed by atoms with Crippen LogP contribution in [-0.4, -0.2) is 22.5 Å². The average Bonchev–Trinajstić information content (AvgIpc) is 2.78. The third kappa shape index (κ3) is 3.16. The van der Waals surface area contributed by atoms with Crippen LogP contribution in [0.2, 0.25) is 5.15 Å². The minimum atomic E-state index is -0.612. The second kappa shape index (κ2) is 7.56. The molecule has 0 bridgehead atoms. The van der Waals surface area contributed by atoms with Gasteiger partial charge in [-0.15, -0.1) is 0 Å². The molecule has 2 N–H and O–H groups in total. The molecule has 1 unspecified atom stereocenters. The summed E-state index contributed by atoms with van der Waals surface area (Å²) in [6.07, 6.45) is 1.69. The molecule has 1 atom stereocenters. The van der Waals surface area contributed by atoms with E-state index in [0.29, 0.717) is 16.8 Å². The van der Waals surface area contributed by atoms with E-state index in [2.05, 4.69) is 9.97 Å². The molecular formula is C24H18ClN3O3. The maximum Gasteiger partial charge on any atom is 0.340 e. The van der Waals surface area contributed by atoms with Crippen molar-refractivity contribution in [3.63, 3.8) is 0 Å². The fourth-order valence-electron chi connectivity index (χ4n) is 3.99. The van der Waals surface area contributed by atoms with Crippen molar-refractivity contribution < 1.29 is 14.3 Å². The van der Waals surface area contributed by atoms with Crippen molar-refractivity contribution in [1.82, 2.24) is 9.97 Å². The Morgan fingerprint density at radius 3 is 2.77 bits per heavy atom. The van der Waals surface area contributed by atoms with Crippen molar-refractivity contribution in [3.05, 3.63) is 88.5 Å². The molecule has 0 saturated carbocycles. The van der Waals surface area contributed by atoms with Crippen molar-refractivity contribution in [2.24, 2.45) is 5.73 Å². The number of nitrogens with zero attached hydrogens (tertiary/aromatic N) is 2. The van der Waals surface area contributed by atoms with Crippen LogP contribution < -0.4 is 10.5 Å². The molecule has 0 saturated heterocycles. The molecule has 0 aliphatic carbocycles. The van der Waals surface area contributed by atoms with Gasteiger partial charge in [0.25, 0.3) is 0 Å². The molecule has 0 fully saturated rings. The molecule has 6 nitrogen and oxygen atoms in total. The third-order valence-corrected chi connectivity index (χ3v) is 5.65. The Labute approximate surface area is 183 Å². The molecule has 4 aromatic rings. The lowest BCUT2D eigenvalue weighted by Crippen LogP contribution is -2.28. The van der Waals surface area contributed by atoms with Gasteiger partial charge in [-0.05, 0) is 25.1 Å². The van der Waals surface area contributed by atoms with E-state index in [9.17, 15) is 4.79 Å². The van der Waals surface area contributed by atoms with Crippen LogP contribution in [0.1, 0.15) is 24.0 Å². The van der Waals surface area contributed by atoms with Gasteiger partial charge in [0.15, 0.2) is 5.75 Å². The van der Waals surface area contributed by atoms with Crippen LogP contribution in [0.15, 0.2) is 72.3 Å². The van der Waals surface area contributed by atoms with Gasteiger partial charge in [-0.1, -0.05) is 48.0 Å². The third-order valence-electron chi connectivity index (χ3n) is 5.35. The van der Waals surface area contributed by atoms with Crippen LogP contribution in [0.3, 0.4) is 0 Å². The van der Waals surface area contributed by atoms with Gasteiger partial charge in [-0.25, -0.2) is 9.78 Å². The van der Waals surface area contributed by atoms with Gasteiger partial charge < -0.3 is 15.2 Å². The number of aromatic nitrogens is 2. The second-order valence-electron chi connectivity index (χ2n) is 7.15. The molecule has 0 amide bonds. The van der Waals surface area contributed by atoms with Crippen LogP contribution >= 0.6 is 11.6 Å². The van der Waals surface area contributed by atoms with Crippen LogP contribution in [-0.2, 0) is 9.53 Å². The number of fused-ring (bicyclic) bond motifs is 4. The summed E-state index contributed by atoms with van der Waals surface area (Å²) in [6.45, 7) is 1.95. The van der Waals surface area contributed by atoms with E-state index in [1.54, 1.807) is 13.1 Å². The topological polar surface area (TPSA) is 87.3 Å².